The minimum atomic E-state index is -1.19. The van der Waals surface area contributed by atoms with Gasteiger partial charge < -0.3 is 26.0 Å². The minimum absolute atomic E-state index is 0.0453. The number of aromatic amines is 1. The van der Waals surface area contributed by atoms with E-state index in [-0.39, 0.29) is 25.4 Å². The molecule has 0 saturated heterocycles. The van der Waals surface area contributed by atoms with Crippen LogP contribution in [0.5, 0.6) is 0 Å². The average molecular weight is 424 g/mol. The highest BCUT2D eigenvalue weighted by Crippen LogP contribution is 2.08. The maximum absolute atomic E-state index is 11.9. The predicted octanol–water partition coefficient (Wildman–Crippen LogP) is 0.895. The molecule has 0 fully saturated rings. The first-order valence-electron chi connectivity index (χ1n) is 10.4. The molecule has 0 spiro atoms. The number of hydrogen-bond donors (Lipinski definition) is 5. The van der Waals surface area contributed by atoms with Gasteiger partial charge in [0.1, 0.15) is 6.04 Å². The molecule has 1 rings (SSSR count). The number of H-pyrrole nitrogens is 1. The summed E-state index contributed by atoms with van der Waals surface area (Å²) < 4.78 is 0. The number of hydrogen-bond acceptors (Lipinski definition) is 5. The lowest BCUT2D eigenvalue weighted by atomic mass is 10.1. The van der Waals surface area contributed by atoms with Crippen LogP contribution in [0, 0.1) is 0 Å². The SMILES string of the molecule is CCCCCCCCCC(=O)NCC(=O)NCC(=O)N[C@@H](Cc1cnc[nH]1)C(=O)O. The number of carbonyl (C=O) groups excluding carboxylic acids is 3. The highest BCUT2D eigenvalue weighted by atomic mass is 16.4. The maximum atomic E-state index is 11.9. The van der Waals surface area contributed by atoms with E-state index >= 15 is 0 Å². The molecule has 0 aliphatic rings. The summed E-state index contributed by atoms with van der Waals surface area (Å²) in [6.45, 7) is 1.57. The van der Waals surface area contributed by atoms with Gasteiger partial charge >= 0.3 is 5.97 Å². The van der Waals surface area contributed by atoms with Crippen LogP contribution in [0.15, 0.2) is 12.5 Å². The number of carboxylic acids is 1. The number of carboxylic acid groups (broad SMARTS) is 1. The number of aromatic nitrogens is 2. The van der Waals surface area contributed by atoms with E-state index in [9.17, 15) is 24.3 Å². The Labute approximate surface area is 176 Å². The van der Waals surface area contributed by atoms with Crippen LogP contribution in [0.1, 0.15) is 64.0 Å². The predicted molar refractivity (Wildman–Crippen MR) is 110 cm³/mol. The van der Waals surface area contributed by atoms with Crippen LogP contribution in [0.2, 0.25) is 0 Å². The van der Waals surface area contributed by atoms with E-state index in [1.165, 1.54) is 38.2 Å². The zero-order valence-corrected chi connectivity index (χ0v) is 17.5. The van der Waals surface area contributed by atoms with Crippen molar-refractivity contribution < 1.29 is 24.3 Å². The van der Waals surface area contributed by atoms with E-state index < -0.39 is 23.8 Å². The van der Waals surface area contributed by atoms with Crippen LogP contribution in [-0.4, -0.2) is 57.9 Å². The van der Waals surface area contributed by atoms with Gasteiger partial charge in [-0.2, -0.15) is 0 Å². The summed E-state index contributed by atoms with van der Waals surface area (Å²) in [4.78, 5) is 53.2. The van der Waals surface area contributed by atoms with Gasteiger partial charge in [-0.15, -0.1) is 0 Å². The fraction of sp³-hybridized carbons (Fsp3) is 0.650. The van der Waals surface area contributed by atoms with Crippen molar-refractivity contribution in [1.82, 2.24) is 25.9 Å². The summed E-state index contributed by atoms with van der Waals surface area (Å²) in [5.74, 6) is -2.54. The molecule has 0 aromatic carbocycles. The van der Waals surface area contributed by atoms with Gasteiger partial charge in [0, 0.05) is 24.7 Å². The summed E-state index contributed by atoms with van der Waals surface area (Å²) in [7, 11) is 0. The topological polar surface area (TPSA) is 153 Å². The maximum Gasteiger partial charge on any atom is 0.326 e. The van der Waals surface area contributed by atoms with Gasteiger partial charge in [0.2, 0.25) is 17.7 Å². The van der Waals surface area contributed by atoms with Gasteiger partial charge in [-0.05, 0) is 6.42 Å². The molecule has 0 bridgehead atoms. The van der Waals surface area contributed by atoms with Crippen molar-refractivity contribution in [1.29, 1.82) is 0 Å². The molecule has 3 amide bonds. The quantitative estimate of drug-likeness (QED) is 0.249. The molecular formula is C20H33N5O5. The number of rotatable bonds is 16. The Morgan fingerprint density at radius 2 is 1.60 bits per heavy atom. The van der Waals surface area contributed by atoms with Gasteiger partial charge in [0.05, 0.1) is 19.4 Å². The average Bonchev–Trinajstić information content (AvgIpc) is 3.22. The second kappa shape index (κ2) is 15.0. The second-order valence-electron chi connectivity index (χ2n) is 7.16. The third kappa shape index (κ3) is 11.8. The molecule has 10 nitrogen and oxygen atoms in total. The largest absolute Gasteiger partial charge is 0.480 e. The van der Waals surface area contributed by atoms with Crippen molar-refractivity contribution in [3.63, 3.8) is 0 Å². The van der Waals surface area contributed by atoms with Gasteiger partial charge in [-0.1, -0.05) is 45.4 Å². The van der Waals surface area contributed by atoms with E-state index in [1.807, 2.05) is 0 Å². The molecule has 1 heterocycles. The summed E-state index contributed by atoms with van der Waals surface area (Å²) in [5.41, 5.74) is 0.565. The fourth-order valence-corrected chi connectivity index (χ4v) is 2.81. The molecule has 30 heavy (non-hydrogen) atoms. The Kier molecular flexibility index (Phi) is 12.6. The molecule has 0 radical (unpaired) electrons. The van der Waals surface area contributed by atoms with Crippen molar-refractivity contribution in [3.8, 4) is 0 Å². The standard InChI is InChI=1S/C20H33N5O5/c1-2-3-4-5-6-7-8-9-17(26)22-12-18(27)23-13-19(28)25-16(20(29)30)10-15-11-21-14-24-15/h11,14,16H,2-10,12-13H2,1H3,(H,21,24)(H,22,26)(H,23,27)(H,25,28)(H,29,30)/t16-/m0/s1. The molecule has 5 N–H and O–H groups in total. The van der Waals surface area contributed by atoms with Crippen LogP contribution >= 0.6 is 0 Å². The van der Waals surface area contributed by atoms with E-state index in [2.05, 4.69) is 32.8 Å². The van der Waals surface area contributed by atoms with Crippen LogP contribution < -0.4 is 16.0 Å². The third-order valence-electron chi connectivity index (χ3n) is 4.51. The van der Waals surface area contributed by atoms with Crippen molar-refractivity contribution in [3.05, 3.63) is 18.2 Å². The smallest absolute Gasteiger partial charge is 0.326 e. The molecule has 0 aliphatic carbocycles. The van der Waals surface area contributed by atoms with Crippen LogP contribution in [-0.2, 0) is 25.6 Å². The molecule has 0 aliphatic heterocycles. The number of nitrogens with zero attached hydrogens (tertiary/aromatic N) is 1. The van der Waals surface area contributed by atoms with E-state index in [1.54, 1.807) is 0 Å². The molecule has 0 saturated carbocycles. The van der Waals surface area contributed by atoms with Crippen molar-refractivity contribution >= 4 is 23.7 Å². The Bertz CT molecular complexity index is 663. The number of amides is 3. The van der Waals surface area contributed by atoms with Crippen molar-refractivity contribution in [2.75, 3.05) is 13.1 Å². The zero-order valence-electron chi connectivity index (χ0n) is 17.5. The molecule has 1 atom stereocenters. The summed E-state index contributed by atoms with van der Waals surface area (Å²) in [5, 5.41) is 16.4. The Morgan fingerprint density at radius 1 is 0.967 bits per heavy atom. The molecule has 1 aromatic heterocycles. The molecule has 168 valence electrons. The van der Waals surface area contributed by atoms with Gasteiger partial charge in [0.25, 0.3) is 0 Å². The fourth-order valence-electron chi connectivity index (χ4n) is 2.81. The summed E-state index contributed by atoms with van der Waals surface area (Å²) in [6.07, 6.45) is 11.1. The number of carbonyl (C=O) groups is 4. The van der Waals surface area contributed by atoms with Crippen molar-refractivity contribution in [2.24, 2.45) is 0 Å². The van der Waals surface area contributed by atoms with Crippen LogP contribution in [0.3, 0.4) is 0 Å². The second-order valence-corrected chi connectivity index (χ2v) is 7.16. The number of aliphatic carboxylic acids is 1. The number of unbranched alkanes of at least 4 members (excludes halogenated alkanes) is 6. The van der Waals surface area contributed by atoms with E-state index in [0.717, 1.165) is 19.3 Å². The highest BCUT2D eigenvalue weighted by molar-refractivity contribution is 5.89. The number of nitrogens with one attached hydrogen (secondary N) is 4. The molecular weight excluding hydrogens is 390 g/mol. The van der Waals surface area contributed by atoms with Crippen LogP contribution in [0.4, 0.5) is 0 Å². The third-order valence-corrected chi connectivity index (χ3v) is 4.51. The normalized spacial score (nSPS) is 11.5. The first-order valence-corrected chi connectivity index (χ1v) is 10.4. The van der Waals surface area contributed by atoms with Crippen molar-refractivity contribution in [2.45, 2.75) is 70.8 Å². The lowest BCUT2D eigenvalue weighted by Crippen LogP contribution is -2.47. The van der Waals surface area contributed by atoms with Crippen LogP contribution in [0.25, 0.3) is 0 Å². The minimum Gasteiger partial charge on any atom is -0.480 e. The lowest BCUT2D eigenvalue weighted by Gasteiger charge is -2.14. The van der Waals surface area contributed by atoms with E-state index in [0.29, 0.717) is 12.1 Å². The Morgan fingerprint density at radius 3 is 2.23 bits per heavy atom. The van der Waals surface area contributed by atoms with Gasteiger partial charge in [0.15, 0.2) is 0 Å². The molecule has 0 unspecified atom stereocenters. The molecule has 10 heteroatoms. The van der Waals surface area contributed by atoms with E-state index in [4.69, 9.17) is 0 Å². The highest BCUT2D eigenvalue weighted by Gasteiger charge is 2.21. The monoisotopic (exact) mass is 423 g/mol. The number of imidazole rings is 1. The molecule has 1 aromatic rings. The zero-order chi connectivity index (χ0) is 22.2. The lowest BCUT2D eigenvalue weighted by molar-refractivity contribution is -0.141. The Balaban J connectivity index is 2.15. The Hall–Kier alpha value is -2.91. The first kappa shape index (κ1) is 25.1. The first-order chi connectivity index (χ1) is 14.4. The van der Waals surface area contributed by atoms with Gasteiger partial charge in [-0.3, -0.25) is 14.4 Å². The summed E-state index contributed by atoms with van der Waals surface area (Å²) >= 11 is 0. The summed E-state index contributed by atoms with van der Waals surface area (Å²) in [6, 6.07) is -1.14. The van der Waals surface area contributed by atoms with Gasteiger partial charge in [-0.25, -0.2) is 9.78 Å².